The number of aryl methyl sites for hydroxylation is 1. The maximum absolute atomic E-state index is 13.2. The number of carbonyl (C=O) groups is 2. The van der Waals surface area contributed by atoms with E-state index in [1.807, 2.05) is 24.0 Å². The maximum Gasteiger partial charge on any atom is 0.306 e. The number of Topliss-reactive ketones (excluding diaryl/α,β-unsaturated/α-hetero) is 1. The maximum atomic E-state index is 13.2. The molecule has 0 spiro atoms. The number of hydrogen-bond donors (Lipinski definition) is 1. The van der Waals surface area contributed by atoms with Crippen LogP contribution in [0.2, 0.25) is 0 Å². The zero-order valence-electron chi connectivity index (χ0n) is 23.4. The van der Waals surface area contributed by atoms with Crippen LogP contribution in [0.1, 0.15) is 65.0 Å². The summed E-state index contributed by atoms with van der Waals surface area (Å²) in [6, 6.07) is 6.74. The zero-order chi connectivity index (χ0) is 28.2. The summed E-state index contributed by atoms with van der Waals surface area (Å²) in [6.07, 6.45) is 8.02. The van der Waals surface area contributed by atoms with Gasteiger partial charge in [-0.25, -0.2) is 15.0 Å². The first-order valence-electron chi connectivity index (χ1n) is 14.1. The summed E-state index contributed by atoms with van der Waals surface area (Å²) in [7, 11) is 1.68. The smallest absolute Gasteiger partial charge is 0.306 e. The molecule has 2 fully saturated rings. The molecule has 1 aromatic carbocycles. The number of carboxylic acids is 1. The minimum atomic E-state index is -0.743. The van der Waals surface area contributed by atoms with E-state index in [-0.39, 0.29) is 18.1 Å². The van der Waals surface area contributed by atoms with Gasteiger partial charge in [0.15, 0.2) is 5.78 Å². The fourth-order valence-corrected chi connectivity index (χ4v) is 6.85. The molecule has 3 aromatic rings. The van der Waals surface area contributed by atoms with Crippen molar-refractivity contribution in [3.05, 3.63) is 51.7 Å². The SMILES string of the molecule is CC[C@@H]1CCCN1Cc1sc(CC(=O)c2cnc(N3CCC(C(=O)O)CC3)cn2)nc1-c1ccc(C)c(OC)c1. The number of carboxylic acid groups (broad SMARTS) is 1. The molecule has 0 saturated carbocycles. The Balaban J connectivity index is 1.33. The van der Waals surface area contributed by atoms with Crippen LogP contribution in [0.4, 0.5) is 5.82 Å². The number of likely N-dealkylation sites (tertiary alicyclic amines) is 1. The van der Waals surface area contributed by atoms with Crippen molar-refractivity contribution < 1.29 is 19.4 Å². The summed E-state index contributed by atoms with van der Waals surface area (Å²) in [6.45, 7) is 7.40. The number of nitrogens with zero attached hydrogens (tertiary/aromatic N) is 5. The van der Waals surface area contributed by atoms with Crippen LogP contribution >= 0.6 is 11.3 Å². The van der Waals surface area contributed by atoms with Gasteiger partial charge in [-0.3, -0.25) is 14.5 Å². The molecule has 0 bridgehead atoms. The molecule has 4 heterocycles. The van der Waals surface area contributed by atoms with E-state index in [4.69, 9.17) is 9.72 Å². The Labute approximate surface area is 239 Å². The number of rotatable bonds is 10. The molecule has 2 aromatic heterocycles. The number of benzene rings is 1. The van der Waals surface area contributed by atoms with Crippen LogP contribution in [0, 0.1) is 12.8 Å². The van der Waals surface area contributed by atoms with Crippen LogP contribution in [0.25, 0.3) is 11.3 Å². The third-order valence-electron chi connectivity index (χ3n) is 8.14. The van der Waals surface area contributed by atoms with Gasteiger partial charge in [0.1, 0.15) is 22.3 Å². The summed E-state index contributed by atoms with van der Waals surface area (Å²) in [4.78, 5) is 44.0. The van der Waals surface area contributed by atoms with E-state index in [0.29, 0.717) is 43.5 Å². The van der Waals surface area contributed by atoms with Gasteiger partial charge in [0.2, 0.25) is 0 Å². The summed E-state index contributed by atoms with van der Waals surface area (Å²) >= 11 is 1.60. The van der Waals surface area contributed by atoms with Gasteiger partial charge in [-0.1, -0.05) is 19.1 Å². The fourth-order valence-electron chi connectivity index (χ4n) is 5.74. The number of aliphatic carboxylic acids is 1. The molecule has 0 amide bonds. The van der Waals surface area contributed by atoms with Crippen molar-refractivity contribution in [2.24, 2.45) is 5.92 Å². The van der Waals surface area contributed by atoms with Gasteiger partial charge in [-0.05, 0) is 57.2 Å². The van der Waals surface area contributed by atoms with Crippen LogP contribution < -0.4 is 9.64 Å². The average molecular weight is 564 g/mol. The molecular weight excluding hydrogens is 526 g/mol. The van der Waals surface area contributed by atoms with Gasteiger partial charge in [-0.15, -0.1) is 11.3 Å². The number of anilines is 1. The monoisotopic (exact) mass is 563 g/mol. The van der Waals surface area contributed by atoms with Crippen LogP contribution in [0.3, 0.4) is 0 Å². The quantitative estimate of drug-likeness (QED) is 0.340. The predicted molar refractivity (Wildman–Crippen MR) is 155 cm³/mol. The molecule has 0 radical (unpaired) electrons. The van der Waals surface area contributed by atoms with Gasteiger partial charge < -0.3 is 14.7 Å². The number of ketones is 1. The second-order valence-corrected chi connectivity index (χ2v) is 11.9. The van der Waals surface area contributed by atoms with E-state index in [2.05, 4.69) is 27.9 Å². The highest BCUT2D eigenvalue weighted by atomic mass is 32.1. The molecule has 0 aliphatic carbocycles. The summed E-state index contributed by atoms with van der Waals surface area (Å²) < 4.78 is 5.58. The first-order valence-corrected chi connectivity index (χ1v) is 14.9. The zero-order valence-corrected chi connectivity index (χ0v) is 24.2. The van der Waals surface area contributed by atoms with Crippen LogP contribution in [0.15, 0.2) is 30.6 Å². The lowest BCUT2D eigenvalue weighted by Gasteiger charge is -2.30. The van der Waals surface area contributed by atoms with Crippen LogP contribution in [0.5, 0.6) is 5.75 Å². The Bertz CT molecular complexity index is 1350. The Kier molecular flexibility index (Phi) is 8.75. The second kappa shape index (κ2) is 12.4. The molecule has 2 aliphatic heterocycles. The molecule has 2 saturated heterocycles. The van der Waals surface area contributed by atoms with Crippen molar-refractivity contribution in [3.8, 4) is 17.0 Å². The number of thiazole rings is 1. The van der Waals surface area contributed by atoms with Crippen molar-refractivity contribution in [3.63, 3.8) is 0 Å². The van der Waals surface area contributed by atoms with E-state index in [0.717, 1.165) is 47.1 Å². The van der Waals surface area contributed by atoms with Gasteiger partial charge in [0.05, 0.1) is 37.5 Å². The minimum absolute atomic E-state index is 0.121. The van der Waals surface area contributed by atoms with Crippen molar-refractivity contribution in [2.75, 3.05) is 31.6 Å². The molecule has 1 atom stereocenters. The van der Waals surface area contributed by atoms with Crippen molar-refractivity contribution in [1.29, 1.82) is 0 Å². The number of aromatic nitrogens is 3. The van der Waals surface area contributed by atoms with Crippen molar-refractivity contribution >= 4 is 28.9 Å². The van der Waals surface area contributed by atoms with Crippen LogP contribution in [-0.2, 0) is 17.8 Å². The highest BCUT2D eigenvalue weighted by Crippen LogP contribution is 2.35. The van der Waals surface area contributed by atoms with Crippen molar-refractivity contribution in [1.82, 2.24) is 19.9 Å². The molecule has 5 rings (SSSR count). The molecular formula is C30H37N5O4S. The largest absolute Gasteiger partial charge is 0.496 e. The standard InChI is InChI=1S/C30H37N5O4S/c1-4-22-6-5-11-35(22)18-26-29(21-8-7-19(2)25(14-21)39-3)33-28(40-26)15-24(36)23-16-32-27(17-31-23)34-12-9-20(10-13-34)30(37)38/h7-8,14,16-17,20,22H,4-6,9-13,15,18H2,1-3H3,(H,37,38)/t22-/m1/s1. The fraction of sp³-hybridized carbons (Fsp3) is 0.500. The van der Waals surface area contributed by atoms with E-state index >= 15 is 0 Å². The number of piperidine rings is 1. The third kappa shape index (κ3) is 6.18. The Morgan fingerprint density at radius 3 is 2.60 bits per heavy atom. The lowest BCUT2D eigenvalue weighted by molar-refractivity contribution is -0.142. The van der Waals surface area contributed by atoms with Crippen molar-refractivity contribution in [2.45, 2.75) is 65.0 Å². The normalized spacial score (nSPS) is 18.3. The molecule has 40 heavy (non-hydrogen) atoms. The molecule has 10 heteroatoms. The first-order chi connectivity index (χ1) is 19.4. The van der Waals surface area contributed by atoms with Gasteiger partial charge in [-0.2, -0.15) is 0 Å². The van der Waals surface area contributed by atoms with Gasteiger partial charge >= 0.3 is 5.97 Å². The number of hydrogen-bond acceptors (Lipinski definition) is 9. The molecule has 0 unspecified atom stereocenters. The number of carbonyl (C=O) groups excluding carboxylic acids is 1. The lowest BCUT2D eigenvalue weighted by Crippen LogP contribution is -2.36. The Morgan fingerprint density at radius 2 is 1.93 bits per heavy atom. The highest BCUT2D eigenvalue weighted by molar-refractivity contribution is 7.12. The Hall–Kier alpha value is -3.37. The van der Waals surface area contributed by atoms with E-state index in [1.54, 1.807) is 24.6 Å². The first kappa shape index (κ1) is 28.2. The number of ether oxygens (including phenoxy) is 1. The van der Waals surface area contributed by atoms with Gasteiger partial charge in [0.25, 0.3) is 0 Å². The lowest BCUT2D eigenvalue weighted by atomic mass is 9.97. The summed E-state index contributed by atoms with van der Waals surface area (Å²) in [5, 5.41) is 10.00. The molecule has 9 nitrogen and oxygen atoms in total. The molecule has 2 aliphatic rings. The Morgan fingerprint density at radius 1 is 1.12 bits per heavy atom. The average Bonchev–Trinajstić information content (AvgIpc) is 3.60. The number of methoxy groups -OCH3 is 1. The predicted octanol–water partition coefficient (Wildman–Crippen LogP) is 5.02. The van der Waals surface area contributed by atoms with E-state index < -0.39 is 5.97 Å². The highest BCUT2D eigenvalue weighted by Gasteiger charge is 2.27. The van der Waals surface area contributed by atoms with Crippen LogP contribution in [-0.4, -0.2) is 69.5 Å². The third-order valence-corrected chi connectivity index (χ3v) is 9.18. The van der Waals surface area contributed by atoms with E-state index in [9.17, 15) is 14.7 Å². The van der Waals surface area contributed by atoms with Gasteiger partial charge in [0, 0.05) is 36.1 Å². The minimum Gasteiger partial charge on any atom is -0.496 e. The van der Waals surface area contributed by atoms with E-state index in [1.165, 1.54) is 23.9 Å². The summed E-state index contributed by atoms with van der Waals surface area (Å²) in [5.74, 6) is 0.321. The second-order valence-electron chi connectivity index (χ2n) is 10.7. The molecule has 212 valence electrons. The molecule has 1 N–H and O–H groups in total. The summed E-state index contributed by atoms with van der Waals surface area (Å²) in [5.41, 5.74) is 3.29. The topological polar surface area (TPSA) is 109 Å².